The number of esters is 1. The summed E-state index contributed by atoms with van der Waals surface area (Å²) in [6, 6.07) is 4.31. The average Bonchev–Trinajstić information content (AvgIpc) is 2.96. The molecule has 0 radical (unpaired) electrons. The Balaban J connectivity index is 1.70. The van der Waals surface area contributed by atoms with Crippen LogP contribution < -0.4 is 5.73 Å². The van der Waals surface area contributed by atoms with Gasteiger partial charge < -0.3 is 15.4 Å². The Hall–Kier alpha value is -1.39. The fourth-order valence-electron chi connectivity index (χ4n) is 3.01. The molecule has 2 N–H and O–H groups in total. The van der Waals surface area contributed by atoms with Gasteiger partial charge in [0, 0.05) is 24.7 Å². The second kappa shape index (κ2) is 4.94. The average molecular weight is 260 g/mol. The Morgan fingerprint density at radius 3 is 3.05 bits per heavy atom. The maximum atomic E-state index is 11.5. The second-order valence-corrected chi connectivity index (χ2v) is 5.55. The molecule has 2 aliphatic heterocycles. The highest BCUT2D eigenvalue weighted by Crippen LogP contribution is 2.26. The van der Waals surface area contributed by atoms with E-state index in [9.17, 15) is 4.79 Å². The van der Waals surface area contributed by atoms with Gasteiger partial charge in [0.25, 0.3) is 0 Å². The summed E-state index contributed by atoms with van der Waals surface area (Å²) in [4.78, 5) is 13.9. The van der Waals surface area contributed by atoms with Gasteiger partial charge >= 0.3 is 5.97 Å². The van der Waals surface area contributed by atoms with Crippen molar-refractivity contribution in [3.05, 3.63) is 34.4 Å². The lowest BCUT2D eigenvalue weighted by Gasteiger charge is -2.16. The molecule has 0 aromatic heterocycles. The molecule has 19 heavy (non-hydrogen) atoms. The number of hydrogen-bond acceptors (Lipinski definition) is 4. The van der Waals surface area contributed by atoms with E-state index >= 15 is 0 Å². The van der Waals surface area contributed by atoms with Gasteiger partial charge in [-0.15, -0.1) is 0 Å². The van der Waals surface area contributed by atoms with Crippen molar-refractivity contribution in [3.63, 3.8) is 0 Å². The maximum Gasteiger partial charge on any atom is 0.338 e. The van der Waals surface area contributed by atoms with E-state index < -0.39 is 0 Å². The van der Waals surface area contributed by atoms with Crippen LogP contribution in [0, 0.1) is 6.92 Å². The number of cyclic esters (lactones) is 1. The zero-order valence-corrected chi connectivity index (χ0v) is 11.3. The van der Waals surface area contributed by atoms with Crippen molar-refractivity contribution in [1.82, 2.24) is 4.90 Å². The lowest BCUT2D eigenvalue weighted by Crippen LogP contribution is -2.28. The lowest BCUT2D eigenvalue weighted by atomic mass is 9.97. The van der Waals surface area contributed by atoms with Crippen molar-refractivity contribution in [1.29, 1.82) is 0 Å². The highest BCUT2D eigenvalue weighted by molar-refractivity contribution is 5.93. The summed E-state index contributed by atoms with van der Waals surface area (Å²) < 4.78 is 5.09. The molecular formula is C15H20N2O2. The Bertz CT molecular complexity index is 513. The van der Waals surface area contributed by atoms with Gasteiger partial charge in [-0.05, 0) is 43.5 Å². The van der Waals surface area contributed by atoms with Crippen LogP contribution in [-0.2, 0) is 17.8 Å². The normalized spacial score (nSPS) is 22.6. The molecule has 1 unspecified atom stereocenters. The third-order valence-electron chi connectivity index (χ3n) is 4.28. The van der Waals surface area contributed by atoms with Gasteiger partial charge in [0.1, 0.15) is 6.61 Å². The van der Waals surface area contributed by atoms with Gasteiger partial charge in [0.15, 0.2) is 0 Å². The minimum Gasteiger partial charge on any atom is -0.457 e. The van der Waals surface area contributed by atoms with Crippen LogP contribution >= 0.6 is 0 Å². The van der Waals surface area contributed by atoms with Crippen molar-refractivity contribution in [2.24, 2.45) is 5.73 Å². The van der Waals surface area contributed by atoms with Crippen LogP contribution in [-0.4, -0.2) is 36.5 Å². The number of carbonyl (C=O) groups is 1. The predicted molar refractivity (Wildman–Crippen MR) is 73.0 cm³/mol. The SMILES string of the molecule is Cc1c(CCN2CCC(N)C2)ccc2c1COC2=O. The summed E-state index contributed by atoms with van der Waals surface area (Å²) in [5, 5.41) is 0. The first-order valence-electron chi connectivity index (χ1n) is 6.91. The van der Waals surface area contributed by atoms with Crippen LogP contribution in [0.15, 0.2) is 12.1 Å². The summed E-state index contributed by atoms with van der Waals surface area (Å²) in [6.07, 6.45) is 2.12. The van der Waals surface area contributed by atoms with Crippen molar-refractivity contribution in [2.45, 2.75) is 32.4 Å². The molecule has 1 atom stereocenters. The fourth-order valence-corrected chi connectivity index (χ4v) is 3.01. The smallest absolute Gasteiger partial charge is 0.338 e. The second-order valence-electron chi connectivity index (χ2n) is 5.55. The van der Waals surface area contributed by atoms with Crippen molar-refractivity contribution >= 4 is 5.97 Å². The molecule has 0 bridgehead atoms. The molecule has 0 aliphatic carbocycles. The lowest BCUT2D eigenvalue weighted by molar-refractivity contribution is 0.0535. The largest absolute Gasteiger partial charge is 0.457 e. The van der Waals surface area contributed by atoms with Crippen LogP contribution in [0.1, 0.15) is 33.5 Å². The topological polar surface area (TPSA) is 55.6 Å². The quantitative estimate of drug-likeness (QED) is 0.831. The maximum absolute atomic E-state index is 11.5. The van der Waals surface area contributed by atoms with E-state index in [1.54, 1.807) is 0 Å². The summed E-state index contributed by atoms with van der Waals surface area (Å²) in [5.41, 5.74) is 10.3. The third kappa shape index (κ3) is 2.38. The number of nitrogens with two attached hydrogens (primary N) is 1. The van der Waals surface area contributed by atoms with E-state index in [1.165, 1.54) is 11.1 Å². The van der Waals surface area contributed by atoms with Crippen LogP contribution in [0.25, 0.3) is 0 Å². The molecule has 0 amide bonds. The standard InChI is InChI=1S/C15H20N2O2/c1-10-11(4-6-17-7-5-12(16)8-17)2-3-13-14(10)9-19-15(13)18/h2-3,12H,4-9,16H2,1H3. The number of carbonyl (C=O) groups excluding carboxylic acids is 1. The van der Waals surface area contributed by atoms with Gasteiger partial charge in [-0.3, -0.25) is 0 Å². The first-order valence-corrected chi connectivity index (χ1v) is 6.91. The Kier molecular flexibility index (Phi) is 3.29. The number of hydrogen-bond donors (Lipinski definition) is 1. The monoisotopic (exact) mass is 260 g/mol. The van der Waals surface area contributed by atoms with E-state index in [2.05, 4.69) is 17.9 Å². The highest BCUT2D eigenvalue weighted by atomic mass is 16.5. The van der Waals surface area contributed by atoms with E-state index in [4.69, 9.17) is 10.5 Å². The van der Waals surface area contributed by atoms with Crippen molar-refractivity contribution < 1.29 is 9.53 Å². The number of nitrogens with zero attached hydrogens (tertiary/aromatic N) is 1. The zero-order chi connectivity index (χ0) is 13.4. The highest BCUT2D eigenvalue weighted by Gasteiger charge is 2.24. The molecule has 1 aromatic rings. The summed E-state index contributed by atoms with van der Waals surface area (Å²) in [5.74, 6) is -0.185. The summed E-state index contributed by atoms with van der Waals surface area (Å²) >= 11 is 0. The van der Waals surface area contributed by atoms with Crippen molar-refractivity contribution in [3.8, 4) is 0 Å². The molecule has 2 aliphatic rings. The molecule has 0 spiro atoms. The first kappa shape index (κ1) is 12.6. The van der Waals surface area contributed by atoms with Gasteiger partial charge in [-0.25, -0.2) is 4.79 Å². The summed E-state index contributed by atoms with van der Waals surface area (Å²) in [6.45, 7) is 5.68. The Morgan fingerprint density at radius 1 is 1.47 bits per heavy atom. The van der Waals surface area contributed by atoms with Crippen molar-refractivity contribution in [2.75, 3.05) is 19.6 Å². The van der Waals surface area contributed by atoms with E-state index in [0.29, 0.717) is 12.6 Å². The molecule has 0 saturated carbocycles. The van der Waals surface area contributed by atoms with Crippen LogP contribution in [0.4, 0.5) is 0 Å². The minimum atomic E-state index is -0.185. The number of benzene rings is 1. The van der Waals surface area contributed by atoms with Gasteiger partial charge in [0.05, 0.1) is 5.56 Å². The van der Waals surface area contributed by atoms with Gasteiger partial charge in [-0.1, -0.05) is 6.07 Å². The van der Waals surface area contributed by atoms with Gasteiger partial charge in [0.2, 0.25) is 0 Å². The molecule has 3 rings (SSSR count). The molecular weight excluding hydrogens is 240 g/mol. The fraction of sp³-hybridized carbons (Fsp3) is 0.533. The Labute approximate surface area is 113 Å². The number of likely N-dealkylation sites (tertiary alicyclic amines) is 1. The molecule has 1 aromatic carbocycles. The van der Waals surface area contributed by atoms with E-state index in [1.807, 2.05) is 6.07 Å². The third-order valence-corrected chi connectivity index (χ3v) is 4.28. The van der Waals surface area contributed by atoms with Crippen LogP contribution in [0.5, 0.6) is 0 Å². The molecule has 1 fully saturated rings. The molecule has 102 valence electrons. The molecule has 1 saturated heterocycles. The molecule has 4 nitrogen and oxygen atoms in total. The van der Waals surface area contributed by atoms with Crippen LogP contribution in [0.3, 0.4) is 0 Å². The predicted octanol–water partition coefficient (Wildman–Crippen LogP) is 1.24. The van der Waals surface area contributed by atoms with E-state index in [-0.39, 0.29) is 5.97 Å². The van der Waals surface area contributed by atoms with Gasteiger partial charge in [-0.2, -0.15) is 0 Å². The first-order chi connectivity index (χ1) is 9.15. The minimum absolute atomic E-state index is 0.185. The zero-order valence-electron chi connectivity index (χ0n) is 11.3. The number of fused-ring (bicyclic) bond motifs is 1. The Morgan fingerprint density at radius 2 is 2.32 bits per heavy atom. The molecule has 2 heterocycles. The molecule has 4 heteroatoms. The van der Waals surface area contributed by atoms with E-state index in [0.717, 1.165) is 43.6 Å². The van der Waals surface area contributed by atoms with Crippen LogP contribution in [0.2, 0.25) is 0 Å². The number of ether oxygens (including phenoxy) is 1. The number of rotatable bonds is 3. The summed E-state index contributed by atoms with van der Waals surface area (Å²) in [7, 11) is 0.